The van der Waals surface area contributed by atoms with Crippen LogP contribution in [-0.2, 0) is 6.42 Å². The van der Waals surface area contributed by atoms with E-state index in [1.54, 1.807) is 12.4 Å². The number of carbonyl (C=O) groups is 1. The van der Waals surface area contributed by atoms with E-state index in [0.29, 0.717) is 17.9 Å². The quantitative estimate of drug-likeness (QED) is 0.665. The fourth-order valence-corrected chi connectivity index (χ4v) is 2.24. The first kappa shape index (κ1) is 14.0. The number of hydrogen-bond acceptors (Lipinski definition) is 4. The van der Waals surface area contributed by atoms with Crippen LogP contribution in [0.15, 0.2) is 36.8 Å². The second kappa shape index (κ2) is 6.21. The first-order chi connectivity index (χ1) is 10.8. The van der Waals surface area contributed by atoms with Crippen LogP contribution in [0.5, 0.6) is 0 Å². The van der Waals surface area contributed by atoms with Gasteiger partial charge >= 0.3 is 0 Å². The van der Waals surface area contributed by atoms with Gasteiger partial charge in [0.25, 0.3) is 5.91 Å². The van der Waals surface area contributed by atoms with Gasteiger partial charge in [0.15, 0.2) is 5.69 Å². The molecule has 0 radical (unpaired) electrons. The Morgan fingerprint density at radius 3 is 2.86 bits per heavy atom. The number of carbonyl (C=O) groups excluding carboxylic acids is 1. The summed E-state index contributed by atoms with van der Waals surface area (Å²) in [6.45, 7) is 2.41. The molecule has 0 aliphatic rings. The minimum Gasteiger partial charge on any atom is -0.364 e. The first-order valence-corrected chi connectivity index (χ1v) is 7.03. The molecule has 0 saturated heterocycles. The lowest BCUT2D eigenvalue weighted by Gasteiger charge is -1.99. The molecule has 3 heterocycles. The van der Waals surface area contributed by atoms with E-state index in [-0.39, 0.29) is 5.91 Å². The molecule has 0 fully saturated rings. The van der Waals surface area contributed by atoms with Crippen molar-refractivity contribution < 1.29 is 4.79 Å². The summed E-state index contributed by atoms with van der Waals surface area (Å²) in [6.07, 6.45) is 6.13. The topological polar surface area (TPSA) is 99.4 Å². The summed E-state index contributed by atoms with van der Waals surface area (Å²) in [7, 11) is 0. The maximum absolute atomic E-state index is 11.9. The van der Waals surface area contributed by atoms with Crippen molar-refractivity contribution in [1.29, 1.82) is 0 Å². The Morgan fingerprint density at radius 1 is 1.27 bits per heavy atom. The number of rotatable bonds is 5. The van der Waals surface area contributed by atoms with E-state index in [1.807, 2.05) is 31.3 Å². The molecule has 3 N–H and O–H groups in total. The molecule has 3 aromatic heterocycles. The molecule has 0 aromatic carbocycles. The van der Waals surface area contributed by atoms with E-state index >= 15 is 0 Å². The summed E-state index contributed by atoms with van der Waals surface area (Å²) >= 11 is 0. The highest BCUT2D eigenvalue weighted by Crippen LogP contribution is 2.21. The molecule has 7 nitrogen and oxygen atoms in total. The van der Waals surface area contributed by atoms with Crippen molar-refractivity contribution in [3.8, 4) is 11.3 Å². The molecule has 0 spiro atoms. The number of hydrogen-bond donors (Lipinski definition) is 3. The molecule has 22 heavy (non-hydrogen) atoms. The predicted octanol–water partition coefficient (Wildman–Crippen LogP) is 1.54. The molecular weight excluding hydrogens is 280 g/mol. The van der Waals surface area contributed by atoms with Crippen molar-refractivity contribution in [2.75, 3.05) is 6.54 Å². The van der Waals surface area contributed by atoms with Crippen LogP contribution in [-0.4, -0.2) is 37.8 Å². The monoisotopic (exact) mass is 296 g/mol. The standard InChI is InChI=1S/C15H16N6O/c1-2-17-15(22)14-13(19-21-20-14)11-8-12(18-9-11)7-10-3-5-16-6-4-10/h3-6,8-9,18H,2,7H2,1H3,(H,17,22)(H,19,20,21). The molecule has 3 rings (SSSR count). The Hall–Kier alpha value is -2.96. The zero-order valence-corrected chi connectivity index (χ0v) is 12.1. The summed E-state index contributed by atoms with van der Waals surface area (Å²) < 4.78 is 0. The lowest BCUT2D eigenvalue weighted by Crippen LogP contribution is -2.23. The van der Waals surface area contributed by atoms with Crippen LogP contribution in [0.2, 0.25) is 0 Å². The van der Waals surface area contributed by atoms with Gasteiger partial charge in [0.1, 0.15) is 5.69 Å². The molecule has 0 unspecified atom stereocenters. The van der Waals surface area contributed by atoms with Crippen LogP contribution in [0.25, 0.3) is 11.3 Å². The molecule has 0 atom stereocenters. The largest absolute Gasteiger partial charge is 0.364 e. The van der Waals surface area contributed by atoms with Gasteiger partial charge < -0.3 is 10.3 Å². The van der Waals surface area contributed by atoms with Gasteiger partial charge in [-0.05, 0) is 30.7 Å². The van der Waals surface area contributed by atoms with Gasteiger partial charge in [-0.2, -0.15) is 15.4 Å². The van der Waals surface area contributed by atoms with Gasteiger partial charge in [-0.1, -0.05) is 0 Å². The van der Waals surface area contributed by atoms with Crippen molar-refractivity contribution in [1.82, 2.24) is 30.7 Å². The Kier molecular flexibility index (Phi) is 3.95. The smallest absolute Gasteiger partial charge is 0.274 e. The second-order valence-electron chi connectivity index (χ2n) is 4.83. The Bertz CT molecular complexity index is 761. The van der Waals surface area contributed by atoms with Crippen LogP contribution < -0.4 is 5.32 Å². The van der Waals surface area contributed by atoms with Gasteiger partial charge in [-0.3, -0.25) is 9.78 Å². The van der Waals surface area contributed by atoms with E-state index in [0.717, 1.165) is 23.2 Å². The van der Waals surface area contributed by atoms with Gasteiger partial charge in [-0.25, -0.2) is 0 Å². The fraction of sp³-hybridized carbons (Fsp3) is 0.200. The second-order valence-corrected chi connectivity index (χ2v) is 4.83. The number of aromatic nitrogens is 5. The minimum atomic E-state index is -0.233. The zero-order chi connectivity index (χ0) is 15.4. The summed E-state index contributed by atoms with van der Waals surface area (Å²) in [5.41, 5.74) is 3.87. The van der Waals surface area contributed by atoms with Crippen molar-refractivity contribution in [2.24, 2.45) is 0 Å². The maximum Gasteiger partial charge on any atom is 0.274 e. The van der Waals surface area contributed by atoms with Crippen molar-refractivity contribution >= 4 is 5.91 Å². The van der Waals surface area contributed by atoms with E-state index in [9.17, 15) is 4.79 Å². The van der Waals surface area contributed by atoms with Crippen LogP contribution >= 0.6 is 0 Å². The number of amides is 1. The number of aromatic amines is 2. The third kappa shape index (κ3) is 2.88. The van der Waals surface area contributed by atoms with Gasteiger partial charge in [0.2, 0.25) is 0 Å². The normalized spacial score (nSPS) is 10.6. The van der Waals surface area contributed by atoms with Crippen LogP contribution in [0.4, 0.5) is 0 Å². The van der Waals surface area contributed by atoms with Gasteiger partial charge in [0, 0.05) is 42.8 Å². The zero-order valence-electron chi connectivity index (χ0n) is 12.1. The summed E-state index contributed by atoms with van der Waals surface area (Å²) in [4.78, 5) is 19.2. The highest BCUT2D eigenvalue weighted by Gasteiger charge is 2.18. The Balaban J connectivity index is 1.82. The van der Waals surface area contributed by atoms with E-state index in [1.165, 1.54) is 0 Å². The Morgan fingerprint density at radius 2 is 2.09 bits per heavy atom. The molecule has 0 bridgehead atoms. The molecule has 112 valence electrons. The molecule has 0 saturated carbocycles. The number of H-pyrrole nitrogens is 2. The van der Waals surface area contributed by atoms with E-state index in [4.69, 9.17) is 0 Å². The highest BCUT2D eigenvalue weighted by atomic mass is 16.2. The average molecular weight is 296 g/mol. The van der Waals surface area contributed by atoms with E-state index in [2.05, 4.69) is 30.7 Å². The van der Waals surface area contributed by atoms with Crippen LogP contribution in [0, 0.1) is 0 Å². The lowest BCUT2D eigenvalue weighted by atomic mass is 10.1. The predicted molar refractivity (Wildman–Crippen MR) is 81.2 cm³/mol. The minimum absolute atomic E-state index is 0.233. The first-order valence-electron chi connectivity index (χ1n) is 7.03. The van der Waals surface area contributed by atoms with Crippen LogP contribution in [0.3, 0.4) is 0 Å². The van der Waals surface area contributed by atoms with Gasteiger partial charge in [-0.15, -0.1) is 0 Å². The summed E-state index contributed by atoms with van der Waals surface area (Å²) in [5, 5.41) is 13.3. The summed E-state index contributed by atoms with van der Waals surface area (Å²) in [6, 6.07) is 5.91. The van der Waals surface area contributed by atoms with E-state index < -0.39 is 0 Å². The van der Waals surface area contributed by atoms with Gasteiger partial charge in [0.05, 0.1) is 0 Å². The SMILES string of the molecule is CCNC(=O)c1n[nH]nc1-c1c[nH]c(Cc2ccncc2)c1. The molecule has 3 aromatic rings. The fourth-order valence-electron chi connectivity index (χ4n) is 2.24. The number of pyridine rings is 1. The average Bonchev–Trinajstić information content (AvgIpc) is 3.17. The molecule has 0 aliphatic carbocycles. The van der Waals surface area contributed by atoms with Crippen molar-refractivity contribution in [2.45, 2.75) is 13.3 Å². The molecule has 7 heteroatoms. The third-order valence-electron chi connectivity index (χ3n) is 3.26. The lowest BCUT2D eigenvalue weighted by molar-refractivity contribution is 0.0951. The molecule has 0 aliphatic heterocycles. The Labute approximate surface area is 127 Å². The highest BCUT2D eigenvalue weighted by molar-refractivity contribution is 5.97. The third-order valence-corrected chi connectivity index (χ3v) is 3.26. The van der Waals surface area contributed by atoms with Crippen LogP contribution in [0.1, 0.15) is 28.7 Å². The number of nitrogens with zero attached hydrogens (tertiary/aromatic N) is 3. The van der Waals surface area contributed by atoms with Crippen molar-refractivity contribution in [3.63, 3.8) is 0 Å². The van der Waals surface area contributed by atoms with Crippen molar-refractivity contribution in [3.05, 3.63) is 53.7 Å². The summed E-state index contributed by atoms with van der Waals surface area (Å²) in [5.74, 6) is -0.233. The molecule has 1 amide bonds. The molecular formula is C15H16N6O. The maximum atomic E-state index is 11.9. The number of nitrogens with one attached hydrogen (secondary N) is 3.